The monoisotopic (exact) mass is 452 g/mol. The van der Waals surface area contributed by atoms with Crippen LogP contribution in [0.4, 0.5) is 18.9 Å². The number of carbonyl (C=O) groups excluding carboxylic acids is 1. The van der Waals surface area contributed by atoms with Crippen molar-refractivity contribution in [2.75, 3.05) is 11.1 Å². The summed E-state index contributed by atoms with van der Waals surface area (Å²) in [5.41, 5.74) is -1.12. The van der Waals surface area contributed by atoms with Crippen molar-refractivity contribution >= 4 is 23.4 Å². The van der Waals surface area contributed by atoms with Gasteiger partial charge in [-0.25, -0.2) is 0 Å². The Labute approximate surface area is 184 Å². The number of carbonyl (C=O) groups is 1. The number of amides is 1. The molecule has 1 heterocycles. The van der Waals surface area contributed by atoms with Gasteiger partial charge in [-0.1, -0.05) is 62.1 Å². The minimum atomic E-state index is -4.53. The van der Waals surface area contributed by atoms with Crippen LogP contribution in [-0.2, 0) is 23.9 Å². The predicted octanol–water partition coefficient (Wildman–Crippen LogP) is 5.73. The van der Waals surface area contributed by atoms with Gasteiger partial charge in [-0.15, -0.1) is 16.8 Å². The molecule has 5 nitrogen and oxygen atoms in total. The van der Waals surface area contributed by atoms with Gasteiger partial charge in [0.25, 0.3) is 0 Å². The molecule has 0 bridgehead atoms. The number of alkyl halides is 3. The molecule has 2 aromatic rings. The van der Waals surface area contributed by atoms with E-state index in [1.165, 1.54) is 50.3 Å². The highest BCUT2D eigenvalue weighted by Crippen LogP contribution is 2.34. The third kappa shape index (κ3) is 6.59. The molecule has 1 N–H and O–H groups in total. The number of hydrogen-bond donors (Lipinski definition) is 1. The number of anilines is 1. The maximum Gasteiger partial charge on any atom is 0.418 e. The van der Waals surface area contributed by atoms with Gasteiger partial charge in [0.05, 0.1) is 17.0 Å². The number of halogens is 3. The Kier molecular flexibility index (Phi) is 8.17. The number of benzene rings is 1. The lowest BCUT2D eigenvalue weighted by molar-refractivity contribution is -0.137. The van der Waals surface area contributed by atoms with Crippen LogP contribution in [0, 0.1) is 5.92 Å². The van der Waals surface area contributed by atoms with Gasteiger partial charge in [0.1, 0.15) is 5.82 Å². The van der Waals surface area contributed by atoms with E-state index < -0.39 is 17.6 Å². The molecule has 0 aliphatic heterocycles. The summed E-state index contributed by atoms with van der Waals surface area (Å²) in [6.45, 7) is 4.30. The highest BCUT2D eigenvalue weighted by molar-refractivity contribution is 7.99. The van der Waals surface area contributed by atoms with Gasteiger partial charge in [-0.3, -0.25) is 4.79 Å². The van der Waals surface area contributed by atoms with E-state index in [2.05, 4.69) is 22.1 Å². The van der Waals surface area contributed by atoms with Gasteiger partial charge in [0, 0.05) is 13.0 Å². The molecule has 1 fully saturated rings. The standard InChI is InChI=1S/C22H27F3N4OS/c1-2-14-29-19(13-12-16-8-4-3-5-9-16)27-28-21(29)31-15-20(30)26-18-11-7-6-10-17(18)22(23,24)25/h2,6-7,10-11,16H,1,3-5,8-9,12-15H2,(H,26,30). The van der Waals surface area contributed by atoms with Crippen molar-refractivity contribution in [1.82, 2.24) is 14.8 Å². The van der Waals surface area contributed by atoms with Crippen molar-refractivity contribution in [3.63, 3.8) is 0 Å². The molecule has 1 aromatic carbocycles. The van der Waals surface area contributed by atoms with E-state index in [1.807, 2.05) is 4.57 Å². The molecular formula is C22H27F3N4OS. The first-order valence-electron chi connectivity index (χ1n) is 10.5. The minimum absolute atomic E-state index is 0.0654. The SMILES string of the molecule is C=CCn1c(CCC2CCCCC2)nnc1SCC(=O)Nc1ccccc1C(F)(F)F. The fraction of sp³-hybridized carbons (Fsp3) is 0.500. The van der Waals surface area contributed by atoms with E-state index >= 15 is 0 Å². The van der Waals surface area contributed by atoms with Crippen molar-refractivity contribution in [1.29, 1.82) is 0 Å². The zero-order valence-electron chi connectivity index (χ0n) is 17.3. The Morgan fingerprint density at radius 2 is 1.97 bits per heavy atom. The van der Waals surface area contributed by atoms with Crippen LogP contribution in [0.2, 0.25) is 0 Å². The number of nitrogens with one attached hydrogen (secondary N) is 1. The number of nitrogens with zero attached hydrogens (tertiary/aromatic N) is 3. The van der Waals surface area contributed by atoms with Crippen LogP contribution < -0.4 is 5.32 Å². The quantitative estimate of drug-likeness (QED) is 0.390. The first kappa shape index (κ1) is 23.4. The molecule has 1 aromatic heterocycles. The van der Waals surface area contributed by atoms with E-state index in [9.17, 15) is 18.0 Å². The average molecular weight is 453 g/mol. The van der Waals surface area contributed by atoms with Crippen molar-refractivity contribution in [3.8, 4) is 0 Å². The van der Waals surface area contributed by atoms with Crippen LogP contribution in [0.1, 0.15) is 49.9 Å². The van der Waals surface area contributed by atoms with E-state index in [-0.39, 0.29) is 11.4 Å². The number of rotatable bonds is 9. The van der Waals surface area contributed by atoms with Crippen LogP contribution in [0.5, 0.6) is 0 Å². The van der Waals surface area contributed by atoms with Gasteiger partial charge in [0.15, 0.2) is 5.16 Å². The Bertz CT molecular complexity index is 891. The Morgan fingerprint density at radius 1 is 1.23 bits per heavy atom. The average Bonchev–Trinajstić information content (AvgIpc) is 3.13. The molecule has 1 saturated carbocycles. The minimum Gasteiger partial charge on any atom is -0.325 e. The van der Waals surface area contributed by atoms with Gasteiger partial charge in [-0.2, -0.15) is 13.2 Å². The van der Waals surface area contributed by atoms with Gasteiger partial charge in [-0.05, 0) is 24.5 Å². The third-order valence-electron chi connectivity index (χ3n) is 5.44. The van der Waals surface area contributed by atoms with Gasteiger partial charge in [0.2, 0.25) is 5.91 Å². The lowest BCUT2D eigenvalue weighted by Crippen LogP contribution is -2.18. The normalized spacial score (nSPS) is 15.1. The molecule has 0 radical (unpaired) electrons. The second-order valence-corrected chi connectivity index (χ2v) is 8.66. The first-order valence-corrected chi connectivity index (χ1v) is 11.5. The molecule has 168 valence electrons. The van der Waals surface area contributed by atoms with Crippen LogP contribution >= 0.6 is 11.8 Å². The van der Waals surface area contributed by atoms with Crippen molar-refractivity contribution in [3.05, 3.63) is 48.3 Å². The smallest absolute Gasteiger partial charge is 0.325 e. The summed E-state index contributed by atoms with van der Waals surface area (Å²) in [6, 6.07) is 4.94. The maximum absolute atomic E-state index is 13.1. The van der Waals surface area contributed by atoms with Crippen LogP contribution in [0.25, 0.3) is 0 Å². The number of hydrogen-bond acceptors (Lipinski definition) is 4. The molecule has 1 aliphatic carbocycles. The van der Waals surface area contributed by atoms with Crippen LogP contribution in [-0.4, -0.2) is 26.4 Å². The molecule has 31 heavy (non-hydrogen) atoms. The van der Waals surface area contributed by atoms with E-state index in [4.69, 9.17) is 0 Å². The van der Waals surface area contributed by atoms with E-state index in [1.54, 1.807) is 6.08 Å². The van der Waals surface area contributed by atoms with Gasteiger partial charge < -0.3 is 9.88 Å². The second-order valence-electron chi connectivity index (χ2n) is 7.72. The van der Waals surface area contributed by atoms with Crippen LogP contribution in [0.3, 0.4) is 0 Å². The molecule has 0 unspecified atom stereocenters. The Morgan fingerprint density at radius 3 is 2.68 bits per heavy atom. The Balaban J connectivity index is 1.60. The number of aromatic nitrogens is 3. The lowest BCUT2D eigenvalue weighted by Gasteiger charge is -2.21. The Hall–Kier alpha value is -2.29. The van der Waals surface area contributed by atoms with Crippen molar-refractivity contribution in [2.45, 2.75) is 62.8 Å². The summed E-state index contributed by atoms with van der Waals surface area (Å²) in [5, 5.41) is 11.4. The van der Waals surface area contributed by atoms with Crippen LogP contribution in [0.15, 0.2) is 42.1 Å². The molecule has 1 amide bonds. The molecule has 3 rings (SSSR count). The second kappa shape index (κ2) is 10.8. The summed E-state index contributed by atoms with van der Waals surface area (Å²) in [6.07, 6.45) is 5.51. The van der Waals surface area contributed by atoms with Gasteiger partial charge >= 0.3 is 6.18 Å². The molecular weight excluding hydrogens is 425 g/mol. The van der Waals surface area contributed by atoms with Crippen molar-refractivity contribution < 1.29 is 18.0 Å². The fourth-order valence-corrected chi connectivity index (χ4v) is 4.65. The molecule has 9 heteroatoms. The molecule has 0 saturated heterocycles. The maximum atomic E-state index is 13.1. The molecule has 0 atom stereocenters. The third-order valence-corrected chi connectivity index (χ3v) is 6.41. The summed E-state index contributed by atoms with van der Waals surface area (Å²) in [7, 11) is 0. The highest BCUT2D eigenvalue weighted by atomic mass is 32.2. The summed E-state index contributed by atoms with van der Waals surface area (Å²) < 4.78 is 41.3. The number of para-hydroxylation sites is 1. The number of allylic oxidation sites excluding steroid dienone is 1. The number of aryl methyl sites for hydroxylation is 1. The summed E-state index contributed by atoms with van der Waals surface area (Å²) in [5.74, 6) is 0.983. The highest BCUT2D eigenvalue weighted by Gasteiger charge is 2.33. The summed E-state index contributed by atoms with van der Waals surface area (Å²) >= 11 is 1.16. The first-order chi connectivity index (χ1) is 14.9. The lowest BCUT2D eigenvalue weighted by atomic mass is 9.86. The van der Waals surface area contributed by atoms with E-state index in [0.29, 0.717) is 11.7 Å². The molecule has 1 aliphatic rings. The predicted molar refractivity (Wildman–Crippen MR) is 116 cm³/mol. The molecule has 0 spiro atoms. The van der Waals surface area contributed by atoms with Crippen molar-refractivity contribution in [2.24, 2.45) is 5.92 Å². The van der Waals surface area contributed by atoms with E-state index in [0.717, 1.165) is 42.4 Å². The largest absolute Gasteiger partial charge is 0.418 e. The topological polar surface area (TPSA) is 59.8 Å². The zero-order valence-corrected chi connectivity index (χ0v) is 18.1. The zero-order chi connectivity index (χ0) is 22.3. The number of thioether (sulfide) groups is 1. The summed E-state index contributed by atoms with van der Waals surface area (Å²) in [4.78, 5) is 12.3. The fourth-order valence-electron chi connectivity index (χ4n) is 3.89.